The number of ether oxygens (including phenoxy) is 3. The molecule has 8 aromatic carbocycles. The SMILES string of the molecule is CCc1ccc(N(C2CCC2)S(=O)(=O)c2ccc3c(cnn3CC3CCOCC3)c2)cc1.CCc1ccc(N(CC(C)C)S(=O)(=O)c2ccc3c(cnn3C3CCN(C(C)=O)C3)c2)cc1.Cc1ccc(F)cc1N(CC(C)C)S(=O)(=O)c1ccc2c(cnn2CC2CCOCC2)c1.Cc1cccc(N(CC(C)C)S(=O)(=O)c2ccc3c(cnn3CC3CCOCC3)c2)c1C. The van der Waals surface area contributed by atoms with Crippen LogP contribution in [-0.2, 0) is 91.6 Å². The van der Waals surface area contributed by atoms with Crippen LogP contribution in [0.25, 0.3) is 43.6 Å². The number of halogens is 1. The summed E-state index contributed by atoms with van der Waals surface area (Å²) < 4.78 is 154. The molecule has 1 saturated carbocycles. The monoisotopic (exact) mass is 1840 g/mol. The van der Waals surface area contributed by atoms with Crippen LogP contribution in [0.3, 0.4) is 0 Å². The molecule has 12 aromatic rings. The Morgan fingerprint density at radius 3 is 1.24 bits per heavy atom. The summed E-state index contributed by atoms with van der Waals surface area (Å²) >= 11 is 0. The molecule has 690 valence electrons. The van der Waals surface area contributed by atoms with E-state index in [0.29, 0.717) is 64.1 Å². The van der Waals surface area contributed by atoms with Gasteiger partial charge in [0.2, 0.25) is 5.91 Å². The van der Waals surface area contributed by atoms with Crippen molar-refractivity contribution >= 4 is 112 Å². The van der Waals surface area contributed by atoms with Crippen LogP contribution in [0.2, 0.25) is 0 Å². The number of benzene rings is 8. The molecule has 0 spiro atoms. The fourth-order valence-corrected chi connectivity index (χ4v) is 24.5. The fraction of sp³-hybridized carbons (Fsp3) is 0.465. The van der Waals surface area contributed by atoms with Gasteiger partial charge in [-0.05, 0) is 276 Å². The highest BCUT2D eigenvalue weighted by atomic mass is 32.2. The number of aromatic nitrogens is 8. The third kappa shape index (κ3) is 22.1. The van der Waals surface area contributed by atoms with Crippen molar-refractivity contribution < 1.29 is 57.1 Å². The second kappa shape index (κ2) is 41.6. The lowest BCUT2D eigenvalue weighted by atomic mass is 9.93. The molecule has 0 radical (unpaired) electrons. The molecule has 4 aromatic heterocycles. The average molecular weight is 1840 g/mol. The van der Waals surface area contributed by atoms with Gasteiger partial charge in [-0.1, -0.05) is 97.9 Å². The van der Waals surface area contributed by atoms with Crippen molar-refractivity contribution in [3.63, 3.8) is 0 Å². The molecule has 30 heteroatoms. The van der Waals surface area contributed by atoms with E-state index in [1.807, 2.05) is 170 Å². The van der Waals surface area contributed by atoms with Crippen LogP contribution in [0.15, 0.2) is 202 Å². The first-order valence-corrected chi connectivity index (χ1v) is 51.5. The molecule has 5 aliphatic rings. The molecule has 4 saturated heterocycles. The Morgan fingerprint density at radius 2 is 0.829 bits per heavy atom. The van der Waals surface area contributed by atoms with Gasteiger partial charge >= 0.3 is 0 Å². The topological polar surface area (TPSA) is 269 Å². The lowest BCUT2D eigenvalue weighted by molar-refractivity contribution is -0.127. The number of likely N-dealkylation sites (tertiary alicyclic amines) is 1. The molecule has 1 amide bonds. The lowest BCUT2D eigenvalue weighted by Crippen LogP contribution is -2.44. The quantitative estimate of drug-likeness (QED) is 0.0441. The highest BCUT2D eigenvalue weighted by Gasteiger charge is 2.38. The molecule has 17 rings (SSSR count). The van der Waals surface area contributed by atoms with Crippen LogP contribution < -0.4 is 17.2 Å². The van der Waals surface area contributed by atoms with Crippen LogP contribution in [0, 0.1) is 62.1 Å². The van der Waals surface area contributed by atoms with Crippen molar-refractivity contribution in [2.24, 2.45) is 35.5 Å². The predicted octanol–water partition coefficient (Wildman–Crippen LogP) is 18.7. The first-order chi connectivity index (χ1) is 61.8. The minimum Gasteiger partial charge on any atom is -0.381 e. The smallest absolute Gasteiger partial charge is 0.264 e. The second-order valence-corrected chi connectivity index (χ2v) is 43.8. The van der Waals surface area contributed by atoms with E-state index in [2.05, 4.69) is 34.2 Å². The van der Waals surface area contributed by atoms with E-state index in [-0.39, 0.29) is 52.1 Å². The maximum absolute atomic E-state index is 14.0. The molecule has 25 nitrogen and oxygen atoms in total. The number of rotatable bonds is 28. The minimum atomic E-state index is -3.88. The summed E-state index contributed by atoms with van der Waals surface area (Å²) in [5, 5.41) is 21.4. The normalized spacial score (nSPS) is 16.4. The zero-order valence-corrected chi connectivity index (χ0v) is 79.8. The number of carbonyl (C=O) groups is 1. The van der Waals surface area contributed by atoms with E-state index >= 15 is 0 Å². The zero-order valence-electron chi connectivity index (χ0n) is 76.5. The van der Waals surface area contributed by atoms with Crippen LogP contribution in [-0.4, -0.2) is 162 Å². The number of sulfonamides is 4. The van der Waals surface area contributed by atoms with Crippen molar-refractivity contribution in [2.75, 3.05) is 89.6 Å². The number of amides is 1. The van der Waals surface area contributed by atoms with Crippen LogP contribution in [0.1, 0.15) is 160 Å². The molecule has 4 aliphatic heterocycles. The number of anilines is 4. The Kier molecular flexibility index (Phi) is 30.6. The third-order valence-corrected chi connectivity index (χ3v) is 32.7. The number of hydrogen-bond acceptors (Lipinski definition) is 16. The van der Waals surface area contributed by atoms with E-state index in [1.165, 1.54) is 31.9 Å². The van der Waals surface area contributed by atoms with Gasteiger partial charge in [0.05, 0.1) is 95.2 Å². The maximum atomic E-state index is 14.0. The van der Waals surface area contributed by atoms with Gasteiger partial charge in [0.25, 0.3) is 40.1 Å². The average Bonchev–Trinajstić information content (AvgIpc) is 1.50. The molecule has 0 N–H and O–H groups in total. The Labute approximate surface area is 761 Å². The van der Waals surface area contributed by atoms with Gasteiger partial charge in [0.1, 0.15) is 5.82 Å². The van der Waals surface area contributed by atoms with Crippen LogP contribution in [0.5, 0.6) is 0 Å². The first kappa shape index (κ1) is 95.0. The number of fused-ring (bicyclic) bond motifs is 4. The van der Waals surface area contributed by atoms with Crippen LogP contribution in [0.4, 0.5) is 27.1 Å². The second-order valence-electron chi connectivity index (χ2n) is 36.4. The van der Waals surface area contributed by atoms with E-state index in [0.717, 1.165) is 209 Å². The van der Waals surface area contributed by atoms with E-state index in [1.54, 1.807) is 102 Å². The number of carbonyl (C=O) groups excluding carboxylic acids is 1. The van der Waals surface area contributed by atoms with Crippen molar-refractivity contribution in [3.8, 4) is 0 Å². The summed E-state index contributed by atoms with van der Waals surface area (Å²) in [5.41, 5.74) is 11.4. The third-order valence-electron chi connectivity index (χ3n) is 25.5. The summed E-state index contributed by atoms with van der Waals surface area (Å²) in [5.74, 6) is 1.64. The van der Waals surface area contributed by atoms with E-state index < -0.39 is 45.9 Å². The standard InChI is InChI=1S/C25H32N4O3S.C25H31N3O3S.C25H33N3O3S.C24H30FN3O3S/c1-5-20-6-8-22(9-7-20)28(16-18(2)3)33(31,32)24-10-11-25-21(14-24)15-26-29(25)23-12-13-27(17-23)19(4)30;1-2-19-6-8-23(9-7-19)28(22-4-3-5-22)32(29,30)24-10-11-25-21(16-24)17-26-27(25)18-20-12-14-31-15-13-20;1-18(2)16-28(24-7-5-6-19(3)20(24)4)32(29,30)23-8-9-25-22(14-23)15-26-27(25)17-21-10-12-31-13-11-21;1-17(2)15-28(24-13-21(25)5-4-18(24)3)32(29,30)22-6-7-23-20(12-22)14-26-27(23)16-19-8-10-31-11-9-19/h6-11,14-15,18,23H,5,12-13,16-17H2,1-4H3;6-11,16-17,20,22H,2-5,12-15,18H2,1H3;5-9,14-15,18,21H,10-13,16-17H2,1-4H3;4-7,12-14,17,19H,8-11,15-16H2,1-3H3. The lowest BCUT2D eigenvalue weighted by Gasteiger charge is -2.38. The van der Waals surface area contributed by atoms with Gasteiger partial charge in [-0.25, -0.2) is 38.1 Å². The van der Waals surface area contributed by atoms with Gasteiger partial charge in [-0.3, -0.25) is 40.7 Å². The van der Waals surface area contributed by atoms with Gasteiger partial charge in [-0.2, -0.15) is 20.4 Å². The first-order valence-electron chi connectivity index (χ1n) is 45.7. The van der Waals surface area contributed by atoms with Gasteiger partial charge < -0.3 is 19.1 Å². The molecule has 1 unspecified atom stereocenters. The summed E-state index contributed by atoms with van der Waals surface area (Å²) in [4.78, 5) is 14.6. The Hall–Kier alpha value is -10.1. The number of hydrogen-bond donors (Lipinski definition) is 0. The van der Waals surface area contributed by atoms with Crippen molar-refractivity contribution in [1.29, 1.82) is 0 Å². The molecular weight excluding hydrogens is 1710 g/mol. The molecule has 1 atom stereocenters. The summed E-state index contributed by atoms with van der Waals surface area (Å²) in [6, 6.07) is 47.0. The van der Waals surface area contributed by atoms with Gasteiger partial charge in [-0.15, -0.1) is 0 Å². The fourth-order valence-electron chi connectivity index (χ4n) is 17.6. The van der Waals surface area contributed by atoms with E-state index in [9.17, 15) is 42.9 Å². The van der Waals surface area contributed by atoms with E-state index in [4.69, 9.17) is 14.2 Å². The maximum Gasteiger partial charge on any atom is 0.264 e. The molecule has 0 bridgehead atoms. The summed E-state index contributed by atoms with van der Waals surface area (Å²) in [7, 11) is -15.0. The summed E-state index contributed by atoms with van der Waals surface area (Å²) in [6.07, 6.45) is 18.7. The Morgan fingerprint density at radius 1 is 0.434 bits per heavy atom. The number of nitrogens with zero attached hydrogens (tertiary/aromatic N) is 13. The largest absolute Gasteiger partial charge is 0.381 e. The molecule has 1 aliphatic carbocycles. The molecule has 5 fully saturated rings. The molecule has 129 heavy (non-hydrogen) atoms. The zero-order chi connectivity index (χ0) is 91.6. The number of aryl methyl sites for hydroxylation is 4. The highest BCUT2D eigenvalue weighted by Crippen LogP contribution is 2.40. The van der Waals surface area contributed by atoms with Crippen LogP contribution >= 0.6 is 0 Å². The van der Waals surface area contributed by atoms with Gasteiger partial charge in [0.15, 0.2) is 0 Å². The Bertz CT molecular complexity index is 6210. The summed E-state index contributed by atoms with van der Waals surface area (Å²) in [6.45, 7) is 33.2. The van der Waals surface area contributed by atoms with Gasteiger partial charge in [0, 0.05) is 127 Å². The van der Waals surface area contributed by atoms with Crippen molar-refractivity contribution in [3.05, 3.63) is 216 Å². The van der Waals surface area contributed by atoms with Crippen molar-refractivity contribution in [1.82, 2.24) is 44.0 Å². The van der Waals surface area contributed by atoms with Crippen molar-refractivity contribution in [2.45, 2.75) is 211 Å². The Balaban J connectivity index is 0.000000139. The minimum absolute atomic E-state index is 0.0272. The molecule has 8 heterocycles. The highest BCUT2D eigenvalue weighted by molar-refractivity contribution is 7.93. The predicted molar refractivity (Wildman–Crippen MR) is 510 cm³/mol. The molecular formula is C99H126FN13O12S4.